The van der Waals surface area contributed by atoms with Gasteiger partial charge in [0.05, 0.1) is 22.4 Å². The largest absolute Gasteiger partial charge is 0.369 e. The number of aromatic nitrogens is 2. The Hall–Kier alpha value is -2.67. The Morgan fingerprint density at radius 3 is 2.84 bits per heavy atom. The van der Waals surface area contributed by atoms with Crippen LogP contribution in [0.1, 0.15) is 24.5 Å². The molecule has 0 bridgehead atoms. The molecule has 0 radical (unpaired) electrons. The van der Waals surface area contributed by atoms with Crippen LogP contribution in [0.3, 0.4) is 0 Å². The van der Waals surface area contributed by atoms with E-state index in [4.69, 9.17) is 5.73 Å². The van der Waals surface area contributed by atoms with Crippen LogP contribution >= 0.6 is 11.3 Å². The molecule has 0 saturated heterocycles. The van der Waals surface area contributed by atoms with E-state index in [0.717, 1.165) is 27.0 Å². The van der Waals surface area contributed by atoms with Gasteiger partial charge in [-0.1, -0.05) is 12.1 Å². The molecule has 1 amide bonds. The summed E-state index contributed by atoms with van der Waals surface area (Å²) < 4.78 is 0. The Morgan fingerprint density at radius 2 is 2.16 bits per heavy atom. The maximum absolute atomic E-state index is 12.2. The van der Waals surface area contributed by atoms with Crippen molar-refractivity contribution in [2.45, 2.75) is 25.8 Å². The minimum atomic E-state index is -0.660. The molecular weight excluding hydrogens is 334 g/mol. The second kappa shape index (κ2) is 5.42. The zero-order valence-electron chi connectivity index (χ0n) is 14.3. The van der Waals surface area contributed by atoms with Crippen LogP contribution in [-0.2, 0) is 10.3 Å². The van der Waals surface area contributed by atoms with Gasteiger partial charge < -0.3 is 5.73 Å². The van der Waals surface area contributed by atoms with Crippen molar-refractivity contribution in [3.8, 4) is 10.6 Å². The molecule has 7 heteroatoms. The van der Waals surface area contributed by atoms with Crippen LogP contribution < -0.4 is 5.73 Å². The number of aliphatic imine (C=N–C) groups is 1. The predicted molar refractivity (Wildman–Crippen MR) is 101 cm³/mol. The van der Waals surface area contributed by atoms with Gasteiger partial charge in [0, 0.05) is 12.4 Å². The van der Waals surface area contributed by atoms with E-state index in [0.29, 0.717) is 6.42 Å². The van der Waals surface area contributed by atoms with Gasteiger partial charge in [-0.15, -0.1) is 11.3 Å². The highest BCUT2D eigenvalue weighted by Gasteiger charge is 2.36. The summed E-state index contributed by atoms with van der Waals surface area (Å²) in [5.74, 6) is 0.215. The number of carbonyl (C=O) groups is 1. The molecule has 3 heterocycles. The maximum Gasteiger partial charge on any atom is 0.231 e. The van der Waals surface area contributed by atoms with Crippen molar-refractivity contribution in [2.24, 2.45) is 10.7 Å². The number of nitrogens with zero attached hydrogens (tertiary/aromatic N) is 3. The predicted octanol–water partition coefficient (Wildman–Crippen LogP) is 2.99. The Bertz CT molecular complexity index is 1020. The number of hydrogen-bond donors (Lipinski definition) is 2. The molecule has 0 unspecified atom stereocenters. The van der Waals surface area contributed by atoms with Crippen LogP contribution in [-0.4, -0.2) is 34.0 Å². The maximum atomic E-state index is 12.2. The monoisotopic (exact) mass is 353 g/mol. The van der Waals surface area contributed by atoms with Gasteiger partial charge in [0.15, 0.2) is 5.96 Å². The number of aryl methyl sites for hydroxylation is 1. The molecule has 0 aliphatic carbocycles. The molecule has 25 heavy (non-hydrogen) atoms. The van der Waals surface area contributed by atoms with Crippen molar-refractivity contribution in [3.63, 3.8) is 0 Å². The molecule has 0 saturated carbocycles. The lowest BCUT2D eigenvalue weighted by molar-refractivity contribution is -0.128. The summed E-state index contributed by atoms with van der Waals surface area (Å²) in [5, 5.41) is 10.8. The van der Waals surface area contributed by atoms with Gasteiger partial charge in [-0.3, -0.25) is 14.8 Å². The van der Waals surface area contributed by atoms with Crippen LogP contribution in [0.5, 0.6) is 0 Å². The van der Waals surface area contributed by atoms with Crippen molar-refractivity contribution < 1.29 is 4.79 Å². The first-order chi connectivity index (χ1) is 11.9. The topological polar surface area (TPSA) is 87.4 Å². The van der Waals surface area contributed by atoms with E-state index in [1.54, 1.807) is 18.4 Å². The minimum absolute atomic E-state index is 0.0329. The number of guanidine groups is 1. The van der Waals surface area contributed by atoms with E-state index in [9.17, 15) is 4.79 Å². The highest BCUT2D eigenvalue weighted by Crippen LogP contribution is 2.36. The lowest BCUT2D eigenvalue weighted by Crippen LogP contribution is -2.47. The Kier molecular flexibility index (Phi) is 3.43. The highest BCUT2D eigenvalue weighted by atomic mass is 32.1. The number of H-pyrrole nitrogens is 1. The van der Waals surface area contributed by atoms with Gasteiger partial charge in [-0.2, -0.15) is 5.10 Å². The van der Waals surface area contributed by atoms with Crippen molar-refractivity contribution >= 4 is 34.1 Å². The molecule has 3 aromatic rings. The zero-order valence-corrected chi connectivity index (χ0v) is 15.1. The first kappa shape index (κ1) is 15.8. The fourth-order valence-electron chi connectivity index (χ4n) is 3.17. The third-order valence-corrected chi connectivity index (χ3v) is 5.78. The molecule has 1 aliphatic heterocycles. The fourth-order valence-corrected chi connectivity index (χ4v) is 4.07. The molecule has 0 spiro atoms. The van der Waals surface area contributed by atoms with Gasteiger partial charge in [-0.05, 0) is 42.5 Å². The average molecular weight is 353 g/mol. The van der Waals surface area contributed by atoms with Gasteiger partial charge in [0.25, 0.3) is 0 Å². The zero-order chi connectivity index (χ0) is 17.8. The van der Waals surface area contributed by atoms with Crippen LogP contribution in [0, 0.1) is 6.92 Å². The summed E-state index contributed by atoms with van der Waals surface area (Å²) >= 11 is 1.68. The summed E-state index contributed by atoms with van der Waals surface area (Å²) in [7, 11) is 1.65. The van der Waals surface area contributed by atoms with Gasteiger partial charge in [0.1, 0.15) is 5.69 Å². The van der Waals surface area contributed by atoms with Crippen molar-refractivity contribution in [3.05, 3.63) is 40.8 Å². The van der Waals surface area contributed by atoms with Crippen LogP contribution in [0.2, 0.25) is 0 Å². The fraction of sp³-hybridized carbons (Fsp3) is 0.278. The second-order valence-electron chi connectivity index (χ2n) is 6.69. The summed E-state index contributed by atoms with van der Waals surface area (Å²) in [4.78, 5) is 19.3. The molecule has 2 aromatic heterocycles. The third kappa shape index (κ3) is 2.51. The molecule has 1 atom stereocenters. The van der Waals surface area contributed by atoms with E-state index in [1.807, 2.05) is 25.1 Å². The van der Waals surface area contributed by atoms with Crippen molar-refractivity contribution in [2.75, 3.05) is 7.05 Å². The SMILES string of the molecule is Cc1csc(-c2n[nH]c3cc([C@]4(C)CC(=O)N(C)C(N)=N4)ccc23)c1. The average Bonchev–Trinajstić information content (AvgIpc) is 3.17. The third-order valence-electron chi connectivity index (χ3n) is 4.72. The summed E-state index contributed by atoms with van der Waals surface area (Å²) in [6.45, 7) is 4.01. The van der Waals surface area contributed by atoms with Gasteiger partial charge in [-0.25, -0.2) is 4.99 Å². The number of carbonyl (C=O) groups excluding carboxylic acids is 1. The lowest BCUT2D eigenvalue weighted by atomic mass is 9.87. The normalized spacial score (nSPS) is 21.0. The lowest BCUT2D eigenvalue weighted by Gasteiger charge is -2.33. The van der Waals surface area contributed by atoms with E-state index in [1.165, 1.54) is 10.5 Å². The Morgan fingerprint density at radius 1 is 1.36 bits per heavy atom. The quantitative estimate of drug-likeness (QED) is 0.742. The summed E-state index contributed by atoms with van der Waals surface area (Å²) in [6.07, 6.45) is 0.292. The number of thiophene rings is 1. The molecule has 128 valence electrons. The number of rotatable bonds is 2. The Balaban J connectivity index is 1.79. The van der Waals surface area contributed by atoms with Crippen molar-refractivity contribution in [1.82, 2.24) is 15.1 Å². The second-order valence-corrected chi connectivity index (χ2v) is 7.61. The number of hydrogen-bond acceptors (Lipinski definition) is 5. The first-order valence-electron chi connectivity index (χ1n) is 8.03. The van der Waals surface area contributed by atoms with E-state index in [2.05, 4.69) is 33.6 Å². The molecular formula is C18H19N5OS. The number of benzene rings is 1. The van der Waals surface area contributed by atoms with E-state index in [-0.39, 0.29) is 11.9 Å². The highest BCUT2D eigenvalue weighted by molar-refractivity contribution is 7.13. The molecule has 1 aliphatic rings. The molecule has 1 aromatic carbocycles. The molecule has 0 fully saturated rings. The van der Waals surface area contributed by atoms with Crippen LogP contribution in [0.4, 0.5) is 0 Å². The molecule has 4 rings (SSSR count). The number of nitrogens with two attached hydrogens (primary N) is 1. The number of fused-ring (bicyclic) bond motifs is 1. The number of nitrogens with one attached hydrogen (secondary N) is 1. The van der Waals surface area contributed by atoms with Crippen LogP contribution in [0.25, 0.3) is 21.5 Å². The molecule has 3 N–H and O–H groups in total. The minimum Gasteiger partial charge on any atom is -0.369 e. The number of amides is 1. The van der Waals surface area contributed by atoms with E-state index < -0.39 is 5.54 Å². The Labute approximate surface area is 149 Å². The van der Waals surface area contributed by atoms with Crippen molar-refractivity contribution in [1.29, 1.82) is 0 Å². The standard InChI is InChI=1S/C18H19N5OS/c1-10-6-14(25-9-10)16-12-5-4-11(7-13(12)21-22-16)18(2)8-15(24)23(3)17(19)20-18/h4-7,9H,8H2,1-3H3,(H2,19,20)(H,21,22)/t18-/m0/s1. The summed E-state index contributed by atoms with van der Waals surface area (Å²) in [5.41, 5.74) is 9.31. The van der Waals surface area contributed by atoms with E-state index >= 15 is 0 Å². The van der Waals surface area contributed by atoms with Gasteiger partial charge in [0.2, 0.25) is 5.91 Å². The smallest absolute Gasteiger partial charge is 0.231 e. The van der Waals surface area contributed by atoms with Gasteiger partial charge >= 0.3 is 0 Å². The number of aromatic amines is 1. The van der Waals surface area contributed by atoms with Crippen LogP contribution in [0.15, 0.2) is 34.6 Å². The molecule has 6 nitrogen and oxygen atoms in total. The summed E-state index contributed by atoms with van der Waals surface area (Å²) in [6, 6.07) is 8.20. The first-order valence-corrected chi connectivity index (χ1v) is 8.91.